The Morgan fingerprint density at radius 2 is 1.12 bits per heavy atom. The fraction of sp³-hybridized carbons (Fsp3) is 0.837. The highest BCUT2D eigenvalue weighted by Crippen LogP contribution is 2.38. The van der Waals surface area contributed by atoms with Gasteiger partial charge in [-0.1, -0.05) is 159 Å². The SMILES string of the molecule is CCCCCC/C=C\C/C=C\CCCCCCCCCC(=O)NC(COP(=O)([O-])OCC[N+](C)(C)C)C(O)/C=C/CCCCCCCCCCCC. The van der Waals surface area contributed by atoms with Crippen molar-refractivity contribution in [2.75, 3.05) is 40.9 Å². The maximum Gasteiger partial charge on any atom is 0.268 e. The van der Waals surface area contributed by atoms with Gasteiger partial charge in [0.1, 0.15) is 13.2 Å². The fourth-order valence-corrected chi connectivity index (χ4v) is 6.61. The third-order valence-corrected chi connectivity index (χ3v) is 10.3. The molecule has 9 heteroatoms. The number of carbonyl (C=O) groups excluding carboxylic acids is 1. The summed E-state index contributed by atoms with van der Waals surface area (Å²) in [6, 6.07) is -0.888. The van der Waals surface area contributed by atoms with Crippen LogP contribution in [0.2, 0.25) is 0 Å². The van der Waals surface area contributed by atoms with Gasteiger partial charge in [0.25, 0.3) is 7.82 Å². The second-order valence-electron chi connectivity index (χ2n) is 15.7. The molecule has 3 atom stereocenters. The molecule has 0 spiro atoms. The highest BCUT2D eigenvalue weighted by molar-refractivity contribution is 7.45. The van der Waals surface area contributed by atoms with Crippen molar-refractivity contribution in [2.45, 2.75) is 193 Å². The first kappa shape index (κ1) is 50.7. The lowest BCUT2D eigenvalue weighted by atomic mass is 10.1. The molecule has 52 heavy (non-hydrogen) atoms. The Morgan fingerprint density at radius 1 is 0.673 bits per heavy atom. The van der Waals surface area contributed by atoms with Gasteiger partial charge in [0, 0.05) is 6.42 Å². The number of unbranched alkanes of at least 4 members (excludes halogenated alkanes) is 21. The average Bonchev–Trinajstić information content (AvgIpc) is 3.09. The number of likely N-dealkylation sites (N-methyl/N-ethyl adjacent to an activating group) is 1. The first-order chi connectivity index (χ1) is 25.0. The number of nitrogens with one attached hydrogen (secondary N) is 1. The van der Waals surface area contributed by atoms with E-state index >= 15 is 0 Å². The van der Waals surface area contributed by atoms with Gasteiger partial charge in [-0.25, -0.2) is 0 Å². The van der Waals surface area contributed by atoms with Gasteiger partial charge in [0.15, 0.2) is 0 Å². The standard InChI is InChI=1S/C43H83N2O6P/c1-6-8-10-12-14-16-18-20-21-22-23-24-25-27-29-31-33-35-37-43(47)44-41(40-51-52(48,49)50-39-38-45(3,4)5)42(46)36-34-32-30-28-26-19-17-15-13-11-9-7-2/h16,18,21-22,34,36,41-42,46H,6-15,17,19-20,23-33,35,37-40H2,1-5H3,(H-,44,47,48,49)/b18-16-,22-21-,36-34+. The quantitative estimate of drug-likeness (QED) is 0.0281. The smallest absolute Gasteiger partial charge is 0.268 e. The van der Waals surface area contributed by atoms with E-state index in [1.54, 1.807) is 6.08 Å². The van der Waals surface area contributed by atoms with Crippen molar-refractivity contribution in [2.24, 2.45) is 0 Å². The molecule has 0 heterocycles. The summed E-state index contributed by atoms with van der Waals surface area (Å²) in [4.78, 5) is 25.2. The van der Waals surface area contributed by atoms with Crippen LogP contribution >= 0.6 is 7.82 Å². The second kappa shape index (κ2) is 35.4. The number of allylic oxidation sites excluding steroid dienone is 5. The van der Waals surface area contributed by atoms with E-state index in [2.05, 4.69) is 43.5 Å². The molecule has 0 fully saturated rings. The van der Waals surface area contributed by atoms with E-state index in [9.17, 15) is 19.4 Å². The van der Waals surface area contributed by atoms with Crippen LogP contribution in [0.15, 0.2) is 36.5 Å². The molecule has 0 aromatic carbocycles. The second-order valence-corrected chi connectivity index (χ2v) is 17.1. The molecule has 0 saturated heterocycles. The van der Waals surface area contributed by atoms with Crippen LogP contribution in [0.1, 0.15) is 181 Å². The predicted molar refractivity (Wildman–Crippen MR) is 219 cm³/mol. The van der Waals surface area contributed by atoms with Crippen LogP contribution in [0, 0.1) is 0 Å². The molecule has 0 aromatic heterocycles. The molecule has 0 saturated carbocycles. The van der Waals surface area contributed by atoms with Gasteiger partial charge in [-0.2, -0.15) is 0 Å². The topological polar surface area (TPSA) is 108 Å². The Labute approximate surface area is 321 Å². The molecule has 8 nitrogen and oxygen atoms in total. The molecule has 0 aliphatic carbocycles. The van der Waals surface area contributed by atoms with Crippen LogP contribution < -0.4 is 10.2 Å². The van der Waals surface area contributed by atoms with Gasteiger partial charge in [-0.05, 0) is 51.4 Å². The number of aliphatic hydroxyl groups excluding tert-OH is 1. The highest BCUT2D eigenvalue weighted by atomic mass is 31.2. The van der Waals surface area contributed by atoms with Crippen molar-refractivity contribution in [3.05, 3.63) is 36.5 Å². The highest BCUT2D eigenvalue weighted by Gasteiger charge is 2.23. The zero-order chi connectivity index (χ0) is 38.6. The maximum absolute atomic E-state index is 12.8. The van der Waals surface area contributed by atoms with E-state index in [0.717, 1.165) is 57.8 Å². The molecular formula is C43H83N2O6P. The molecular weight excluding hydrogens is 671 g/mol. The number of carbonyl (C=O) groups is 1. The molecule has 3 unspecified atom stereocenters. The van der Waals surface area contributed by atoms with E-state index in [1.165, 1.54) is 103 Å². The summed E-state index contributed by atoms with van der Waals surface area (Å²) in [6.07, 6.45) is 41.8. The molecule has 0 rings (SSSR count). The van der Waals surface area contributed by atoms with Gasteiger partial charge in [-0.3, -0.25) is 9.36 Å². The molecule has 0 aliphatic rings. The lowest BCUT2D eigenvalue weighted by Gasteiger charge is -2.29. The molecule has 2 N–H and O–H groups in total. The van der Waals surface area contributed by atoms with E-state index < -0.39 is 20.0 Å². The van der Waals surface area contributed by atoms with Gasteiger partial charge in [0.05, 0.1) is 39.9 Å². The number of hydrogen-bond donors (Lipinski definition) is 2. The Bertz CT molecular complexity index is 948. The van der Waals surface area contributed by atoms with Crippen LogP contribution in [0.3, 0.4) is 0 Å². The summed E-state index contributed by atoms with van der Waals surface area (Å²) in [5.41, 5.74) is 0. The maximum atomic E-state index is 12.8. The van der Waals surface area contributed by atoms with Crippen LogP contribution in [0.5, 0.6) is 0 Å². The summed E-state index contributed by atoms with van der Waals surface area (Å²) >= 11 is 0. The van der Waals surface area contributed by atoms with Crippen LogP contribution in [-0.4, -0.2) is 68.5 Å². The predicted octanol–water partition coefficient (Wildman–Crippen LogP) is 10.9. The zero-order valence-corrected chi connectivity index (χ0v) is 35.4. The molecule has 0 aromatic rings. The number of hydrogen-bond acceptors (Lipinski definition) is 6. The Kier molecular flexibility index (Phi) is 34.6. The Balaban J connectivity index is 4.44. The summed E-state index contributed by atoms with van der Waals surface area (Å²) in [6.45, 7) is 4.60. The first-order valence-corrected chi connectivity index (χ1v) is 22.8. The fourth-order valence-electron chi connectivity index (χ4n) is 5.89. The van der Waals surface area contributed by atoms with Crippen molar-refractivity contribution in [1.82, 2.24) is 5.32 Å². The van der Waals surface area contributed by atoms with Crippen molar-refractivity contribution < 1.29 is 32.9 Å². The minimum atomic E-state index is -4.58. The Morgan fingerprint density at radius 3 is 1.62 bits per heavy atom. The monoisotopic (exact) mass is 755 g/mol. The van der Waals surface area contributed by atoms with E-state index in [4.69, 9.17) is 9.05 Å². The molecule has 0 aliphatic heterocycles. The van der Waals surface area contributed by atoms with Gasteiger partial charge >= 0.3 is 0 Å². The van der Waals surface area contributed by atoms with Gasteiger partial charge < -0.3 is 28.8 Å². The summed E-state index contributed by atoms with van der Waals surface area (Å²) in [5.74, 6) is -0.208. The Hall–Kier alpha value is -1.28. The number of quaternary nitrogens is 1. The minimum absolute atomic E-state index is 0.00314. The van der Waals surface area contributed by atoms with E-state index in [-0.39, 0.29) is 19.1 Å². The number of aliphatic hydroxyl groups is 1. The molecule has 306 valence electrons. The molecule has 0 radical (unpaired) electrons. The summed E-state index contributed by atoms with van der Waals surface area (Å²) in [5, 5.41) is 13.7. The van der Waals surface area contributed by atoms with Crippen LogP contribution in [-0.2, 0) is 18.4 Å². The first-order valence-electron chi connectivity index (χ1n) is 21.4. The lowest BCUT2D eigenvalue weighted by Crippen LogP contribution is -2.45. The lowest BCUT2D eigenvalue weighted by molar-refractivity contribution is -0.870. The molecule has 1 amide bonds. The number of rotatable bonds is 38. The largest absolute Gasteiger partial charge is 0.756 e. The molecule has 0 bridgehead atoms. The summed E-state index contributed by atoms with van der Waals surface area (Å²) in [7, 11) is 1.25. The van der Waals surface area contributed by atoms with E-state index in [0.29, 0.717) is 17.4 Å². The number of nitrogens with zero attached hydrogens (tertiary/aromatic N) is 1. The summed E-state index contributed by atoms with van der Waals surface area (Å²) < 4.78 is 23.1. The number of phosphoric ester groups is 1. The van der Waals surface area contributed by atoms with Gasteiger partial charge in [-0.15, -0.1) is 0 Å². The van der Waals surface area contributed by atoms with Crippen LogP contribution in [0.4, 0.5) is 0 Å². The van der Waals surface area contributed by atoms with Crippen LogP contribution in [0.25, 0.3) is 0 Å². The number of phosphoric acid groups is 1. The number of amides is 1. The average molecular weight is 755 g/mol. The van der Waals surface area contributed by atoms with Crippen molar-refractivity contribution in [3.63, 3.8) is 0 Å². The van der Waals surface area contributed by atoms with Crippen molar-refractivity contribution in [3.8, 4) is 0 Å². The van der Waals surface area contributed by atoms with E-state index in [1.807, 2.05) is 27.2 Å². The zero-order valence-electron chi connectivity index (χ0n) is 34.5. The third-order valence-electron chi connectivity index (χ3n) is 9.34. The minimum Gasteiger partial charge on any atom is -0.756 e. The van der Waals surface area contributed by atoms with Crippen molar-refractivity contribution in [1.29, 1.82) is 0 Å². The van der Waals surface area contributed by atoms with Crippen molar-refractivity contribution >= 4 is 13.7 Å². The third kappa shape index (κ3) is 37.1. The van der Waals surface area contributed by atoms with Gasteiger partial charge in [0.2, 0.25) is 5.91 Å². The normalized spacial score (nSPS) is 14.8.